The van der Waals surface area contributed by atoms with Crippen LogP contribution >= 0.6 is 0 Å². The second kappa shape index (κ2) is 8.40. The van der Waals surface area contributed by atoms with E-state index < -0.39 is 17.7 Å². The number of benzene rings is 1. The summed E-state index contributed by atoms with van der Waals surface area (Å²) in [5.41, 5.74) is 0.456. The molecule has 1 aromatic rings. The van der Waals surface area contributed by atoms with E-state index in [-0.39, 0.29) is 35.8 Å². The van der Waals surface area contributed by atoms with Crippen LogP contribution in [0, 0.1) is 34.8 Å². The summed E-state index contributed by atoms with van der Waals surface area (Å²) in [6.07, 6.45) is 7.84. The average Bonchev–Trinajstić information content (AvgIpc) is 2.72. The van der Waals surface area contributed by atoms with Crippen molar-refractivity contribution in [2.45, 2.75) is 57.5 Å². The molecule has 0 aromatic heterocycles. The summed E-state index contributed by atoms with van der Waals surface area (Å²) in [4.78, 5) is 29.4. The lowest BCUT2D eigenvalue weighted by Gasteiger charge is -2.57. The van der Waals surface area contributed by atoms with E-state index in [0.29, 0.717) is 13.1 Å². The molecule has 1 unspecified atom stereocenters. The van der Waals surface area contributed by atoms with Crippen LogP contribution in [-0.2, 0) is 16.1 Å². The Labute approximate surface area is 188 Å². The first-order chi connectivity index (χ1) is 15.3. The van der Waals surface area contributed by atoms with Gasteiger partial charge in [-0.05, 0) is 67.8 Å². The summed E-state index contributed by atoms with van der Waals surface area (Å²) >= 11 is 0. The van der Waals surface area contributed by atoms with Gasteiger partial charge in [-0.25, -0.2) is 8.78 Å². The van der Waals surface area contributed by atoms with Gasteiger partial charge in [-0.3, -0.25) is 14.5 Å². The molecule has 1 saturated heterocycles. The van der Waals surface area contributed by atoms with Gasteiger partial charge in [0.1, 0.15) is 0 Å². The lowest BCUT2D eigenvalue weighted by molar-refractivity contribution is -0.141. The Morgan fingerprint density at radius 2 is 1.81 bits per heavy atom. The Morgan fingerprint density at radius 3 is 2.47 bits per heavy atom. The second-order valence-electron chi connectivity index (χ2n) is 10.9. The van der Waals surface area contributed by atoms with Crippen molar-refractivity contribution in [3.63, 3.8) is 0 Å². The van der Waals surface area contributed by atoms with Crippen LogP contribution in [0.4, 0.5) is 8.78 Å². The highest BCUT2D eigenvalue weighted by atomic mass is 19.2. The molecule has 32 heavy (non-hydrogen) atoms. The Balaban J connectivity index is 1.25. The number of piperazine rings is 1. The molecule has 4 saturated carbocycles. The van der Waals surface area contributed by atoms with E-state index in [2.05, 4.69) is 5.32 Å². The molecule has 1 heterocycles. The van der Waals surface area contributed by atoms with Gasteiger partial charge in [-0.1, -0.05) is 12.1 Å². The second-order valence-corrected chi connectivity index (χ2v) is 10.9. The van der Waals surface area contributed by atoms with Gasteiger partial charge in [-0.2, -0.15) is 0 Å². The average molecular weight is 446 g/mol. The zero-order valence-corrected chi connectivity index (χ0v) is 18.8. The summed E-state index contributed by atoms with van der Waals surface area (Å²) in [5, 5.41) is 2.83. The first kappa shape index (κ1) is 21.8. The molecule has 1 N–H and O–H groups in total. The van der Waals surface area contributed by atoms with Gasteiger partial charge in [0.25, 0.3) is 0 Å². The number of nitrogens with one attached hydrogen (secondary N) is 1. The lowest BCUT2D eigenvalue weighted by Crippen LogP contribution is -2.57. The van der Waals surface area contributed by atoms with Gasteiger partial charge in [0.05, 0.1) is 12.5 Å². The molecule has 4 bridgehead atoms. The zero-order chi connectivity index (χ0) is 22.5. The molecule has 4 aliphatic carbocycles. The van der Waals surface area contributed by atoms with Crippen molar-refractivity contribution in [1.82, 2.24) is 15.1 Å². The van der Waals surface area contributed by atoms with Crippen molar-refractivity contribution in [3.05, 3.63) is 35.4 Å². The predicted molar refractivity (Wildman–Crippen MR) is 116 cm³/mol. The van der Waals surface area contributed by atoms with Crippen LogP contribution in [0.1, 0.15) is 50.5 Å². The Kier molecular flexibility index (Phi) is 5.72. The standard InChI is InChI=1S/C25H33F2N3O2/c1-29(15-25-11-16-7-17(12-25)9-18(8-16)13-25)22(31)10-21-24(32)28-5-6-30(21)14-19-3-2-4-20(26)23(19)27/h2-4,16-18,21H,5-15H2,1H3,(H,28,32). The highest BCUT2D eigenvalue weighted by molar-refractivity contribution is 5.88. The molecular weight excluding hydrogens is 412 g/mol. The summed E-state index contributed by atoms with van der Waals surface area (Å²) < 4.78 is 27.9. The van der Waals surface area contributed by atoms with Crippen LogP contribution in [0.15, 0.2) is 18.2 Å². The van der Waals surface area contributed by atoms with Crippen LogP contribution in [-0.4, -0.2) is 54.3 Å². The molecule has 5 nitrogen and oxygen atoms in total. The number of hydrogen-bond donors (Lipinski definition) is 1. The molecule has 1 aliphatic heterocycles. The Morgan fingerprint density at radius 1 is 1.16 bits per heavy atom. The van der Waals surface area contributed by atoms with Crippen molar-refractivity contribution in [2.75, 3.05) is 26.7 Å². The molecule has 7 heteroatoms. The van der Waals surface area contributed by atoms with E-state index in [1.54, 1.807) is 4.90 Å². The number of hydrogen-bond acceptors (Lipinski definition) is 3. The minimum absolute atomic E-state index is 0.0486. The topological polar surface area (TPSA) is 52.7 Å². The third-order valence-electron chi connectivity index (χ3n) is 8.38. The number of amides is 2. The monoisotopic (exact) mass is 445 g/mol. The molecule has 0 radical (unpaired) electrons. The maximum atomic E-state index is 14.2. The van der Waals surface area contributed by atoms with Crippen LogP contribution < -0.4 is 5.32 Å². The fourth-order valence-corrected chi connectivity index (χ4v) is 7.46. The van der Waals surface area contributed by atoms with E-state index in [9.17, 15) is 18.4 Å². The number of nitrogens with zero attached hydrogens (tertiary/aromatic N) is 2. The van der Waals surface area contributed by atoms with E-state index in [1.807, 2.05) is 11.9 Å². The minimum atomic E-state index is -0.896. The van der Waals surface area contributed by atoms with Crippen molar-refractivity contribution < 1.29 is 18.4 Å². The molecule has 5 fully saturated rings. The van der Waals surface area contributed by atoms with Gasteiger partial charge >= 0.3 is 0 Å². The van der Waals surface area contributed by atoms with Crippen LogP contribution in [0.2, 0.25) is 0 Å². The number of carbonyl (C=O) groups excluding carboxylic acids is 2. The van der Waals surface area contributed by atoms with Crippen molar-refractivity contribution in [3.8, 4) is 0 Å². The van der Waals surface area contributed by atoms with Gasteiger partial charge in [-0.15, -0.1) is 0 Å². The quantitative estimate of drug-likeness (QED) is 0.731. The first-order valence-corrected chi connectivity index (χ1v) is 12.0. The van der Waals surface area contributed by atoms with Crippen molar-refractivity contribution >= 4 is 11.8 Å². The number of halogens is 2. The van der Waals surface area contributed by atoms with Crippen LogP contribution in [0.3, 0.4) is 0 Å². The highest BCUT2D eigenvalue weighted by Crippen LogP contribution is 2.60. The molecular formula is C25H33F2N3O2. The zero-order valence-electron chi connectivity index (χ0n) is 18.8. The SMILES string of the molecule is CN(CC12CC3CC(CC(C3)C1)C2)C(=O)CC1C(=O)NCCN1Cc1cccc(F)c1F. The Hall–Kier alpha value is -2.02. The smallest absolute Gasteiger partial charge is 0.237 e. The largest absolute Gasteiger partial charge is 0.353 e. The van der Waals surface area contributed by atoms with Gasteiger partial charge in [0.2, 0.25) is 11.8 Å². The summed E-state index contributed by atoms with van der Waals surface area (Å²) in [6, 6.07) is 3.42. The minimum Gasteiger partial charge on any atom is -0.353 e. The van der Waals surface area contributed by atoms with E-state index in [1.165, 1.54) is 50.7 Å². The van der Waals surface area contributed by atoms with Crippen LogP contribution in [0.5, 0.6) is 0 Å². The van der Waals surface area contributed by atoms with Crippen LogP contribution in [0.25, 0.3) is 0 Å². The first-order valence-electron chi connectivity index (χ1n) is 12.0. The third-order valence-corrected chi connectivity index (χ3v) is 8.38. The van der Waals surface area contributed by atoms with E-state index in [0.717, 1.165) is 30.4 Å². The van der Waals surface area contributed by atoms with E-state index in [4.69, 9.17) is 0 Å². The lowest BCUT2D eigenvalue weighted by atomic mass is 9.49. The summed E-state index contributed by atoms with van der Waals surface area (Å²) in [6.45, 7) is 1.80. The number of carbonyl (C=O) groups is 2. The van der Waals surface area contributed by atoms with Crippen molar-refractivity contribution in [2.24, 2.45) is 23.2 Å². The molecule has 6 rings (SSSR count). The van der Waals surface area contributed by atoms with Gasteiger partial charge in [0.15, 0.2) is 11.6 Å². The normalized spacial score (nSPS) is 33.9. The molecule has 2 amide bonds. The fourth-order valence-electron chi connectivity index (χ4n) is 7.46. The predicted octanol–water partition coefficient (Wildman–Crippen LogP) is 3.33. The third kappa shape index (κ3) is 4.16. The molecule has 1 aromatic carbocycles. The maximum Gasteiger partial charge on any atom is 0.237 e. The van der Waals surface area contributed by atoms with Gasteiger partial charge in [0, 0.05) is 38.8 Å². The summed E-state index contributed by atoms with van der Waals surface area (Å²) in [7, 11) is 1.86. The molecule has 1 atom stereocenters. The van der Waals surface area contributed by atoms with E-state index >= 15 is 0 Å². The Bertz CT molecular complexity index is 870. The highest BCUT2D eigenvalue weighted by Gasteiger charge is 2.51. The maximum absolute atomic E-state index is 14.2. The molecule has 174 valence electrons. The number of rotatable bonds is 6. The molecule has 0 spiro atoms. The van der Waals surface area contributed by atoms with Gasteiger partial charge < -0.3 is 10.2 Å². The van der Waals surface area contributed by atoms with Crippen molar-refractivity contribution in [1.29, 1.82) is 0 Å². The fraction of sp³-hybridized carbons (Fsp3) is 0.680. The summed E-state index contributed by atoms with van der Waals surface area (Å²) in [5.74, 6) is 0.424. The molecule has 5 aliphatic rings.